The highest BCUT2D eigenvalue weighted by Gasteiger charge is 2.53. The molecule has 0 aromatic rings. The Labute approximate surface area is 210 Å². The molecule has 194 valence electrons. The summed E-state index contributed by atoms with van der Waals surface area (Å²) < 4.78 is 14.2. The lowest BCUT2D eigenvalue weighted by Gasteiger charge is -2.55. The molecule has 1 aliphatic heterocycles. The molecule has 6 fully saturated rings. The molecule has 0 N–H and O–H groups in total. The van der Waals surface area contributed by atoms with E-state index in [1.807, 2.05) is 0 Å². The Morgan fingerprint density at radius 3 is 1.53 bits per heavy atom. The molecule has 1 saturated heterocycles. The predicted molar refractivity (Wildman–Crippen MR) is 140 cm³/mol. The minimum absolute atomic E-state index is 0.535. The maximum Gasteiger partial charge on any atom is 0.0610 e. The van der Waals surface area contributed by atoms with Gasteiger partial charge in [-0.2, -0.15) is 0 Å². The van der Waals surface area contributed by atoms with E-state index in [-0.39, 0.29) is 0 Å². The maximum atomic E-state index is 7.10. The van der Waals surface area contributed by atoms with Crippen molar-refractivity contribution >= 4 is 0 Å². The lowest BCUT2D eigenvalue weighted by Crippen LogP contribution is -2.53. The summed E-state index contributed by atoms with van der Waals surface area (Å²) in [5.74, 6) is 7.95. The smallest absolute Gasteiger partial charge is 0.0610 e. The van der Waals surface area contributed by atoms with E-state index in [1.165, 1.54) is 116 Å². The van der Waals surface area contributed by atoms with Crippen molar-refractivity contribution in [1.82, 2.24) is 0 Å². The van der Waals surface area contributed by atoms with Gasteiger partial charge in [0.25, 0.3) is 0 Å². The Bertz CT molecular complexity index is 597. The molecule has 5 saturated carbocycles. The topological polar surface area (TPSA) is 18.5 Å². The van der Waals surface area contributed by atoms with Gasteiger partial charge in [-0.3, -0.25) is 0 Å². The number of hydrogen-bond donors (Lipinski definition) is 0. The Morgan fingerprint density at radius 1 is 0.500 bits per heavy atom. The highest BCUT2D eigenvalue weighted by atomic mass is 16.5. The lowest BCUT2D eigenvalue weighted by atomic mass is 9.53. The van der Waals surface area contributed by atoms with E-state index in [2.05, 4.69) is 6.92 Å². The van der Waals surface area contributed by atoms with Crippen LogP contribution in [0.5, 0.6) is 0 Å². The van der Waals surface area contributed by atoms with Gasteiger partial charge >= 0.3 is 0 Å². The first-order valence-corrected chi connectivity index (χ1v) is 16.0. The minimum atomic E-state index is 0.535. The fourth-order valence-electron chi connectivity index (χ4n) is 10.5. The van der Waals surface area contributed by atoms with E-state index in [1.54, 1.807) is 0 Å². The molecule has 34 heavy (non-hydrogen) atoms. The quantitative estimate of drug-likeness (QED) is 0.412. The molecule has 0 spiro atoms. The highest BCUT2D eigenvalue weighted by Crippen LogP contribution is 2.56. The summed E-state index contributed by atoms with van der Waals surface area (Å²) in [5, 5.41) is 0. The summed E-state index contributed by atoms with van der Waals surface area (Å²) in [7, 11) is 0. The summed E-state index contributed by atoms with van der Waals surface area (Å²) in [6.07, 6.45) is 27.2. The van der Waals surface area contributed by atoms with Gasteiger partial charge in [-0.1, -0.05) is 71.1 Å². The first-order chi connectivity index (χ1) is 16.8. The van der Waals surface area contributed by atoms with Gasteiger partial charge in [0.2, 0.25) is 0 Å². The molecule has 1 heterocycles. The Kier molecular flexibility index (Phi) is 7.94. The molecule has 8 unspecified atom stereocenters. The standard InChI is InChI=1S/C32H54O2/c1-2-7-22-12-14-23(15-13-22)26-20-33-29-18-16-24-8-3-5-10-27(24)31(29)32-28-11-6-4-9-25(28)17-19-30(32)34-21-26/h22-32H,2-21H2,1H3. The van der Waals surface area contributed by atoms with Gasteiger partial charge < -0.3 is 9.47 Å². The van der Waals surface area contributed by atoms with Crippen LogP contribution in [0.4, 0.5) is 0 Å². The van der Waals surface area contributed by atoms with Crippen LogP contribution in [0.3, 0.4) is 0 Å². The van der Waals surface area contributed by atoms with E-state index < -0.39 is 0 Å². The number of rotatable bonds is 3. The van der Waals surface area contributed by atoms with Gasteiger partial charge in [0.1, 0.15) is 0 Å². The second-order valence-corrected chi connectivity index (χ2v) is 13.8. The van der Waals surface area contributed by atoms with Crippen LogP contribution in [-0.2, 0) is 9.47 Å². The molecule has 6 rings (SSSR count). The van der Waals surface area contributed by atoms with Crippen molar-refractivity contribution in [3.63, 3.8) is 0 Å². The summed E-state index contributed by atoms with van der Waals surface area (Å²) in [4.78, 5) is 0. The SMILES string of the molecule is CCCC1CCC(C2COC3CCC4CCCCC4C3C3C(CCC4CCCCC43)OC2)CC1. The van der Waals surface area contributed by atoms with Crippen molar-refractivity contribution < 1.29 is 9.47 Å². The van der Waals surface area contributed by atoms with Crippen molar-refractivity contribution in [1.29, 1.82) is 0 Å². The van der Waals surface area contributed by atoms with Crippen LogP contribution in [0.1, 0.15) is 122 Å². The number of hydrogen-bond acceptors (Lipinski definition) is 2. The monoisotopic (exact) mass is 470 g/mol. The molecule has 8 atom stereocenters. The molecule has 0 amide bonds. The lowest BCUT2D eigenvalue weighted by molar-refractivity contribution is -0.140. The first-order valence-electron chi connectivity index (χ1n) is 16.0. The van der Waals surface area contributed by atoms with Crippen LogP contribution < -0.4 is 0 Å². The molecular formula is C32H54O2. The van der Waals surface area contributed by atoms with E-state index in [4.69, 9.17) is 9.47 Å². The zero-order valence-electron chi connectivity index (χ0n) is 22.3. The van der Waals surface area contributed by atoms with Crippen LogP contribution in [0.15, 0.2) is 0 Å². The molecule has 0 radical (unpaired) electrons. The van der Waals surface area contributed by atoms with Crippen molar-refractivity contribution in [3.8, 4) is 0 Å². The Hall–Kier alpha value is -0.0800. The van der Waals surface area contributed by atoms with Crippen LogP contribution >= 0.6 is 0 Å². The molecule has 0 bridgehead atoms. The highest BCUT2D eigenvalue weighted by molar-refractivity contribution is 5.02. The minimum Gasteiger partial charge on any atom is -0.378 e. The average Bonchev–Trinajstić information content (AvgIpc) is 2.97. The van der Waals surface area contributed by atoms with E-state index in [0.717, 1.165) is 60.6 Å². The Balaban J connectivity index is 1.23. The average molecular weight is 471 g/mol. The normalized spacial score (nSPS) is 49.9. The summed E-state index contributed by atoms with van der Waals surface area (Å²) >= 11 is 0. The van der Waals surface area contributed by atoms with Crippen molar-refractivity contribution in [2.45, 2.75) is 135 Å². The van der Waals surface area contributed by atoms with Crippen molar-refractivity contribution in [2.24, 2.45) is 53.3 Å². The second kappa shape index (κ2) is 11.1. The van der Waals surface area contributed by atoms with Crippen LogP contribution in [-0.4, -0.2) is 25.4 Å². The van der Waals surface area contributed by atoms with Gasteiger partial charge in [0.15, 0.2) is 0 Å². The van der Waals surface area contributed by atoms with Crippen LogP contribution in [0, 0.1) is 53.3 Å². The van der Waals surface area contributed by atoms with Gasteiger partial charge in [-0.05, 0) is 98.7 Å². The van der Waals surface area contributed by atoms with Gasteiger partial charge in [0, 0.05) is 5.92 Å². The summed E-state index contributed by atoms with van der Waals surface area (Å²) in [6, 6.07) is 0. The molecule has 6 aliphatic rings. The van der Waals surface area contributed by atoms with E-state index in [9.17, 15) is 0 Å². The van der Waals surface area contributed by atoms with Crippen molar-refractivity contribution in [3.05, 3.63) is 0 Å². The van der Waals surface area contributed by atoms with E-state index >= 15 is 0 Å². The molecule has 0 aromatic carbocycles. The second-order valence-electron chi connectivity index (χ2n) is 13.8. The molecule has 2 nitrogen and oxygen atoms in total. The van der Waals surface area contributed by atoms with Crippen LogP contribution in [0.25, 0.3) is 0 Å². The van der Waals surface area contributed by atoms with Gasteiger partial charge in [-0.25, -0.2) is 0 Å². The molecule has 0 aromatic heterocycles. The van der Waals surface area contributed by atoms with Crippen LogP contribution in [0.2, 0.25) is 0 Å². The van der Waals surface area contributed by atoms with Crippen molar-refractivity contribution in [2.75, 3.05) is 13.2 Å². The van der Waals surface area contributed by atoms with Gasteiger partial charge in [-0.15, -0.1) is 0 Å². The molecule has 2 heteroatoms. The number of ether oxygens (including phenoxy) is 2. The predicted octanol–water partition coefficient (Wildman–Crippen LogP) is 8.43. The third-order valence-electron chi connectivity index (χ3n) is 12.2. The summed E-state index contributed by atoms with van der Waals surface area (Å²) in [5.41, 5.74) is 0. The van der Waals surface area contributed by atoms with Gasteiger partial charge in [0.05, 0.1) is 25.4 Å². The zero-order chi connectivity index (χ0) is 22.9. The van der Waals surface area contributed by atoms with E-state index in [0.29, 0.717) is 18.1 Å². The zero-order valence-corrected chi connectivity index (χ0v) is 22.3. The maximum absolute atomic E-state index is 7.10. The third-order valence-corrected chi connectivity index (χ3v) is 12.2. The number of fused-ring (bicyclic) bond motifs is 7. The third kappa shape index (κ3) is 4.90. The summed E-state index contributed by atoms with van der Waals surface area (Å²) in [6.45, 7) is 4.35. The molecule has 5 aliphatic carbocycles. The largest absolute Gasteiger partial charge is 0.378 e. The fourth-order valence-corrected chi connectivity index (χ4v) is 10.5. The first kappa shape index (κ1) is 24.3. The fraction of sp³-hybridized carbons (Fsp3) is 1.00. The molecular weight excluding hydrogens is 416 g/mol. The Morgan fingerprint density at radius 2 is 1.00 bits per heavy atom.